The molecule has 5 nitrogen and oxygen atoms in total. The lowest BCUT2D eigenvalue weighted by molar-refractivity contribution is -0.149. The summed E-state index contributed by atoms with van der Waals surface area (Å²) in [5.74, 6) is 3.83. The van der Waals surface area contributed by atoms with Crippen molar-refractivity contribution in [2.75, 3.05) is 0 Å². The summed E-state index contributed by atoms with van der Waals surface area (Å²) < 4.78 is 0. The zero-order chi connectivity index (χ0) is 7.49. The van der Waals surface area contributed by atoms with E-state index >= 15 is 0 Å². The molecule has 9 heavy (non-hydrogen) atoms. The molecule has 0 spiro atoms. The molecule has 0 saturated carbocycles. The second-order valence-electron chi connectivity index (χ2n) is 2.08. The molecule has 0 aromatic rings. The Morgan fingerprint density at radius 1 is 1.78 bits per heavy atom. The summed E-state index contributed by atoms with van der Waals surface area (Å²) in [5.41, 5.74) is 5.36. The number of carbonyl (C=O) groups is 1. The predicted molar refractivity (Wildman–Crippen MR) is 29.5 cm³/mol. The molecular formula is C4H9N3O2. The van der Waals surface area contributed by atoms with E-state index in [0.717, 1.165) is 0 Å². The van der Waals surface area contributed by atoms with Gasteiger partial charge in [-0.25, -0.2) is 10.3 Å². The molecule has 0 aromatic carbocycles. The lowest BCUT2D eigenvalue weighted by Gasteiger charge is -2.11. The maximum absolute atomic E-state index is 10.5. The van der Waals surface area contributed by atoms with Crippen LogP contribution in [0.2, 0.25) is 0 Å². The topological polar surface area (TPSA) is 88.5 Å². The third-order valence-corrected chi connectivity index (χ3v) is 0.886. The van der Waals surface area contributed by atoms with Crippen LogP contribution in [0.3, 0.4) is 0 Å². The van der Waals surface area contributed by atoms with E-state index < -0.39 is 11.5 Å². The van der Waals surface area contributed by atoms with E-state index in [-0.39, 0.29) is 0 Å². The van der Waals surface area contributed by atoms with Crippen molar-refractivity contribution in [3.05, 3.63) is 0 Å². The van der Waals surface area contributed by atoms with Crippen LogP contribution in [0.5, 0.6) is 0 Å². The Bertz CT molecular complexity index is 132. The van der Waals surface area contributed by atoms with Gasteiger partial charge >= 0.3 is 5.97 Å². The highest BCUT2D eigenvalue weighted by atomic mass is 16.7. The zero-order valence-electron chi connectivity index (χ0n) is 5.34. The van der Waals surface area contributed by atoms with Gasteiger partial charge in [0, 0.05) is 0 Å². The Balaban J connectivity index is 4.14. The van der Waals surface area contributed by atoms with Crippen molar-refractivity contribution in [1.29, 1.82) is 5.53 Å². The summed E-state index contributed by atoms with van der Waals surface area (Å²) in [4.78, 5) is 14.4. The fourth-order valence-corrected chi connectivity index (χ4v) is 0.190. The van der Waals surface area contributed by atoms with Crippen molar-refractivity contribution in [2.45, 2.75) is 19.4 Å². The Morgan fingerprint density at radius 3 is 2.33 bits per heavy atom. The van der Waals surface area contributed by atoms with Crippen LogP contribution in [0.15, 0.2) is 5.11 Å². The molecule has 5 heteroatoms. The average Bonchev–Trinajstić information content (AvgIpc) is 1.86. The molecule has 0 atom stereocenters. The van der Waals surface area contributed by atoms with Gasteiger partial charge in [0.15, 0.2) is 5.54 Å². The number of carbonyl (C=O) groups excluding carboxylic acids is 1. The van der Waals surface area contributed by atoms with Gasteiger partial charge in [-0.1, -0.05) is 0 Å². The van der Waals surface area contributed by atoms with Gasteiger partial charge < -0.3 is 4.84 Å². The van der Waals surface area contributed by atoms with E-state index in [1.165, 1.54) is 13.8 Å². The Kier molecular flexibility index (Phi) is 2.27. The van der Waals surface area contributed by atoms with Crippen molar-refractivity contribution >= 4 is 5.97 Å². The molecule has 0 aliphatic carbocycles. The van der Waals surface area contributed by atoms with Gasteiger partial charge in [-0.15, -0.1) is 0 Å². The monoisotopic (exact) mass is 131 g/mol. The lowest BCUT2D eigenvalue weighted by Crippen LogP contribution is -2.32. The Hall–Kier alpha value is -0.970. The van der Waals surface area contributed by atoms with Gasteiger partial charge in [0.25, 0.3) is 0 Å². The molecular weight excluding hydrogens is 122 g/mol. The number of nitrogens with one attached hydrogen (secondary N) is 1. The van der Waals surface area contributed by atoms with Crippen molar-refractivity contribution in [1.82, 2.24) is 0 Å². The van der Waals surface area contributed by atoms with E-state index in [9.17, 15) is 4.79 Å². The fourth-order valence-electron chi connectivity index (χ4n) is 0.190. The molecule has 0 aromatic heterocycles. The molecule has 0 saturated heterocycles. The molecule has 0 amide bonds. The van der Waals surface area contributed by atoms with E-state index in [4.69, 9.17) is 5.53 Å². The van der Waals surface area contributed by atoms with Gasteiger partial charge in [0.05, 0.1) is 0 Å². The summed E-state index contributed by atoms with van der Waals surface area (Å²) in [6.45, 7) is 2.88. The van der Waals surface area contributed by atoms with Crippen LogP contribution < -0.4 is 5.90 Å². The van der Waals surface area contributed by atoms with Crippen molar-refractivity contribution in [2.24, 2.45) is 11.0 Å². The van der Waals surface area contributed by atoms with E-state index in [2.05, 4.69) is 15.8 Å². The van der Waals surface area contributed by atoms with Gasteiger partial charge in [-0.05, 0) is 13.8 Å². The van der Waals surface area contributed by atoms with Gasteiger partial charge in [-0.2, -0.15) is 11.0 Å². The van der Waals surface area contributed by atoms with Crippen LogP contribution in [-0.4, -0.2) is 11.5 Å². The van der Waals surface area contributed by atoms with Crippen molar-refractivity contribution in [3.8, 4) is 0 Å². The zero-order valence-corrected chi connectivity index (χ0v) is 5.34. The Morgan fingerprint density at radius 2 is 2.22 bits per heavy atom. The highest BCUT2D eigenvalue weighted by molar-refractivity contribution is 5.79. The maximum Gasteiger partial charge on any atom is 0.353 e. The molecule has 0 aliphatic heterocycles. The van der Waals surface area contributed by atoms with E-state index in [1.807, 2.05) is 0 Å². The third-order valence-electron chi connectivity index (χ3n) is 0.886. The summed E-state index contributed by atoms with van der Waals surface area (Å²) >= 11 is 0. The smallest absolute Gasteiger partial charge is 0.353 e. The summed E-state index contributed by atoms with van der Waals surface area (Å²) in [6.07, 6.45) is 0. The number of nitrogens with two attached hydrogens (primary N) is 1. The van der Waals surface area contributed by atoms with Crippen LogP contribution in [0.1, 0.15) is 13.8 Å². The number of nitrogens with zero attached hydrogens (tertiary/aromatic N) is 1. The third kappa shape index (κ3) is 1.77. The first kappa shape index (κ1) is 8.03. The minimum absolute atomic E-state index is 0.711. The molecule has 0 fully saturated rings. The van der Waals surface area contributed by atoms with Crippen molar-refractivity contribution < 1.29 is 9.63 Å². The minimum Gasteiger partial charge on any atom is -0.371 e. The lowest BCUT2D eigenvalue weighted by atomic mass is 10.1. The predicted octanol–water partition coefficient (Wildman–Crippen LogP) is 0.213. The first-order valence-electron chi connectivity index (χ1n) is 2.34. The summed E-state index contributed by atoms with van der Waals surface area (Å²) in [5, 5.41) is 2.99. The highest BCUT2D eigenvalue weighted by Crippen LogP contribution is 2.08. The summed E-state index contributed by atoms with van der Waals surface area (Å²) in [7, 11) is 0. The van der Waals surface area contributed by atoms with Crippen LogP contribution in [0.4, 0.5) is 0 Å². The van der Waals surface area contributed by atoms with Gasteiger partial charge in [-0.3, -0.25) is 0 Å². The molecule has 0 heterocycles. The highest BCUT2D eigenvalue weighted by Gasteiger charge is 2.28. The molecule has 0 aliphatic rings. The first-order valence-corrected chi connectivity index (χ1v) is 2.34. The fraction of sp³-hybridized carbons (Fsp3) is 0.750. The van der Waals surface area contributed by atoms with Crippen LogP contribution in [0.25, 0.3) is 0 Å². The normalized spacial score (nSPS) is 10.6. The second kappa shape index (κ2) is 2.54. The largest absolute Gasteiger partial charge is 0.371 e. The van der Waals surface area contributed by atoms with E-state index in [0.29, 0.717) is 0 Å². The number of hydrogen-bond donors (Lipinski definition) is 2. The molecule has 3 N–H and O–H groups in total. The first-order chi connectivity index (χ1) is 4.04. The molecule has 52 valence electrons. The second-order valence-corrected chi connectivity index (χ2v) is 2.08. The average molecular weight is 131 g/mol. The quantitative estimate of drug-likeness (QED) is 0.414. The molecule has 0 bridgehead atoms. The maximum atomic E-state index is 10.5. The minimum atomic E-state index is -1.14. The Labute approximate surface area is 52.6 Å². The number of rotatable bonds is 2. The molecule has 0 unspecified atom stereocenters. The van der Waals surface area contributed by atoms with Crippen LogP contribution in [0, 0.1) is 5.53 Å². The SMILES string of the molecule is CC(C)(N=N)C(=O)ON. The molecule has 0 radical (unpaired) electrons. The molecule has 0 rings (SSSR count). The van der Waals surface area contributed by atoms with Crippen LogP contribution in [-0.2, 0) is 9.63 Å². The van der Waals surface area contributed by atoms with Gasteiger partial charge in [0.1, 0.15) is 0 Å². The summed E-state index contributed by atoms with van der Waals surface area (Å²) in [6, 6.07) is 0. The number of hydrogen-bond acceptors (Lipinski definition) is 5. The van der Waals surface area contributed by atoms with E-state index in [1.54, 1.807) is 0 Å². The van der Waals surface area contributed by atoms with Gasteiger partial charge in [0.2, 0.25) is 0 Å². The standard InChI is InChI=1S/C4H9N3O2/c1-4(2,7-5)3(8)9-6/h5H,6H2,1-2H3. The van der Waals surface area contributed by atoms with Crippen molar-refractivity contribution in [3.63, 3.8) is 0 Å². The van der Waals surface area contributed by atoms with Crippen LogP contribution >= 0.6 is 0 Å².